The van der Waals surface area contributed by atoms with E-state index < -0.39 is 72.5 Å². The van der Waals surface area contributed by atoms with Gasteiger partial charge in [-0.25, -0.2) is 4.79 Å². The Morgan fingerprint density at radius 2 is 1.53 bits per heavy atom. The Bertz CT molecular complexity index is 1850. The van der Waals surface area contributed by atoms with Gasteiger partial charge in [0.25, 0.3) is 0 Å². The highest BCUT2D eigenvalue weighted by Crippen LogP contribution is 2.28. The zero-order valence-corrected chi connectivity index (χ0v) is 33.5. The minimum atomic E-state index is -1.41. The first-order chi connectivity index (χ1) is 27.3. The number of aryl methyl sites for hydroxylation is 2. The fraction of sp³-hybridized carbons (Fsp3) is 0.558. The summed E-state index contributed by atoms with van der Waals surface area (Å²) in [5.41, 5.74) is 3.67. The highest BCUT2D eigenvalue weighted by Gasteiger charge is 2.46. The van der Waals surface area contributed by atoms with E-state index in [1.807, 2.05) is 69.3 Å². The van der Waals surface area contributed by atoms with Crippen molar-refractivity contribution in [1.29, 1.82) is 0 Å². The van der Waals surface area contributed by atoms with Crippen molar-refractivity contribution in [3.05, 3.63) is 70.8 Å². The molecule has 57 heavy (non-hydrogen) atoms. The smallest absolute Gasteiger partial charge is 0.328 e. The van der Waals surface area contributed by atoms with Crippen LogP contribution in [0.3, 0.4) is 0 Å². The van der Waals surface area contributed by atoms with Gasteiger partial charge in [-0.05, 0) is 81.4 Å². The lowest BCUT2D eigenvalue weighted by molar-refractivity contribution is -0.158. The van der Waals surface area contributed by atoms with Crippen LogP contribution in [-0.4, -0.2) is 119 Å². The van der Waals surface area contributed by atoms with Gasteiger partial charge in [-0.3, -0.25) is 28.8 Å². The number of carbonyl (C=O) groups excluding carboxylic acids is 7. The molecular formula is C43H56N6O8. The Hall–Kier alpha value is -5.27. The van der Waals surface area contributed by atoms with E-state index in [0.717, 1.165) is 28.7 Å². The molecule has 0 aliphatic carbocycles. The van der Waals surface area contributed by atoms with E-state index in [-0.39, 0.29) is 43.7 Å². The fourth-order valence-electron chi connectivity index (χ4n) is 8.60. The van der Waals surface area contributed by atoms with Gasteiger partial charge in [0, 0.05) is 26.1 Å². The number of esters is 1. The number of nitrogens with one attached hydrogen (secondary N) is 3. The van der Waals surface area contributed by atoms with Crippen molar-refractivity contribution in [2.24, 2.45) is 5.92 Å². The fourth-order valence-corrected chi connectivity index (χ4v) is 8.60. The molecule has 4 aliphatic rings. The molecule has 4 fully saturated rings. The number of piperidine rings is 1. The van der Waals surface area contributed by atoms with Crippen LogP contribution < -0.4 is 16.0 Å². The van der Waals surface area contributed by atoms with Crippen molar-refractivity contribution in [2.75, 3.05) is 26.2 Å². The van der Waals surface area contributed by atoms with Gasteiger partial charge in [-0.1, -0.05) is 67.9 Å². The molecule has 7 atom stereocenters. The van der Waals surface area contributed by atoms with E-state index in [2.05, 4.69) is 16.0 Å². The standard InChI is InChI=1S/C43H56N6O8/c1-5-29-14-16-30(17-15-29)23-37(50)45-32(22-31-11-8-10-26(2)20-31)38(51)46-33-25-57-43(56)36-21-27(3)24-49(36)40(53)28(4)44-39(52)34-12-6-7-18-47(34)42(55)35-13-9-19-48(35)41(33)54/h8,10-11,14-17,20,27-28,32-36H,5-7,9,12-13,18-19,21-25H2,1-4H3,(H,44,52)(H,45,50)(H,46,51)/t27-,28-,32-,33-,34-,35-,36-/m0/s1. The summed E-state index contributed by atoms with van der Waals surface area (Å²) in [6, 6.07) is 9.08. The monoisotopic (exact) mass is 784 g/mol. The average molecular weight is 785 g/mol. The Morgan fingerprint density at radius 3 is 2.26 bits per heavy atom. The SMILES string of the molecule is CCc1ccc(CC(=O)N[C@@H](Cc2cccc(C)c2)C(=O)N[C@H]2COC(=O)[C@@H]3C[C@H](C)CN3C(=O)[C@H](C)NC(=O)[C@@H]3CCCCN3C(=O)[C@@H]3CCCN3C2=O)cc1. The Morgan fingerprint density at radius 1 is 0.825 bits per heavy atom. The summed E-state index contributed by atoms with van der Waals surface area (Å²) >= 11 is 0. The topological polar surface area (TPSA) is 175 Å². The van der Waals surface area contributed by atoms with Crippen molar-refractivity contribution in [3.63, 3.8) is 0 Å². The summed E-state index contributed by atoms with van der Waals surface area (Å²) in [5.74, 6) is -3.73. The second-order valence-corrected chi connectivity index (χ2v) is 16.2. The Balaban J connectivity index is 1.30. The average Bonchev–Trinajstić information content (AvgIpc) is 3.85. The lowest BCUT2D eigenvalue weighted by Crippen LogP contribution is -2.62. The minimum Gasteiger partial charge on any atom is -0.461 e. The summed E-state index contributed by atoms with van der Waals surface area (Å²) in [7, 11) is 0. The van der Waals surface area contributed by atoms with Crippen molar-refractivity contribution >= 4 is 41.4 Å². The van der Waals surface area contributed by atoms with Crippen LogP contribution in [0.2, 0.25) is 0 Å². The highest BCUT2D eigenvalue weighted by atomic mass is 16.5. The molecule has 0 radical (unpaired) electrons. The molecule has 4 aliphatic heterocycles. The van der Waals surface area contributed by atoms with Crippen LogP contribution in [0.25, 0.3) is 0 Å². The van der Waals surface area contributed by atoms with Crippen molar-refractivity contribution in [2.45, 2.75) is 122 Å². The molecule has 2 aromatic carbocycles. The number of cyclic esters (lactones) is 1. The number of ether oxygens (including phenoxy) is 1. The molecule has 6 rings (SSSR count). The molecule has 0 saturated carbocycles. The summed E-state index contributed by atoms with van der Waals surface area (Å²) in [6.07, 6.45) is 4.00. The summed E-state index contributed by atoms with van der Waals surface area (Å²) in [6.45, 7) is 7.71. The zero-order valence-electron chi connectivity index (χ0n) is 33.5. The van der Waals surface area contributed by atoms with Gasteiger partial charge in [0.15, 0.2) is 0 Å². The third-order valence-corrected chi connectivity index (χ3v) is 11.7. The zero-order chi connectivity index (χ0) is 40.8. The predicted molar refractivity (Wildman–Crippen MR) is 210 cm³/mol. The van der Waals surface area contributed by atoms with E-state index in [9.17, 15) is 33.6 Å². The van der Waals surface area contributed by atoms with Gasteiger partial charge in [-0.2, -0.15) is 0 Å². The quantitative estimate of drug-likeness (QED) is 0.341. The van der Waals surface area contributed by atoms with Gasteiger partial charge in [0.05, 0.1) is 6.42 Å². The normalized spacial score (nSPS) is 26.5. The maximum atomic E-state index is 14.6. The van der Waals surface area contributed by atoms with Crippen molar-refractivity contribution in [3.8, 4) is 0 Å². The summed E-state index contributed by atoms with van der Waals surface area (Å²) in [4.78, 5) is 102. The predicted octanol–water partition coefficient (Wildman–Crippen LogP) is 1.98. The van der Waals surface area contributed by atoms with E-state index in [1.165, 1.54) is 14.7 Å². The molecule has 0 aromatic heterocycles. The van der Waals surface area contributed by atoms with Gasteiger partial charge in [0.1, 0.15) is 42.9 Å². The largest absolute Gasteiger partial charge is 0.461 e. The maximum absolute atomic E-state index is 14.6. The number of carbonyl (C=O) groups is 7. The molecule has 306 valence electrons. The number of hydrogen-bond donors (Lipinski definition) is 3. The number of benzene rings is 2. The third kappa shape index (κ3) is 9.82. The van der Waals surface area contributed by atoms with Gasteiger partial charge < -0.3 is 35.4 Å². The molecule has 14 nitrogen and oxygen atoms in total. The van der Waals surface area contributed by atoms with E-state index in [0.29, 0.717) is 45.1 Å². The third-order valence-electron chi connectivity index (χ3n) is 11.7. The molecule has 2 aromatic rings. The van der Waals surface area contributed by atoms with Crippen LogP contribution in [0.15, 0.2) is 48.5 Å². The number of nitrogens with zero attached hydrogens (tertiary/aromatic N) is 3. The molecule has 14 heteroatoms. The van der Waals surface area contributed by atoms with E-state index >= 15 is 0 Å². The van der Waals surface area contributed by atoms with Gasteiger partial charge >= 0.3 is 5.97 Å². The first-order valence-electron chi connectivity index (χ1n) is 20.4. The van der Waals surface area contributed by atoms with Crippen molar-refractivity contribution in [1.82, 2.24) is 30.7 Å². The number of fused-ring (bicyclic) bond motifs is 3. The van der Waals surface area contributed by atoms with Gasteiger partial charge in [-0.15, -0.1) is 0 Å². The van der Waals surface area contributed by atoms with E-state index in [1.54, 1.807) is 6.92 Å². The molecule has 6 amide bonds. The Kier molecular flexibility index (Phi) is 13.3. The molecule has 0 spiro atoms. The van der Waals surface area contributed by atoms with Crippen LogP contribution >= 0.6 is 0 Å². The minimum absolute atomic E-state index is 0.0301. The lowest BCUT2D eigenvalue weighted by Gasteiger charge is -2.39. The van der Waals surface area contributed by atoms with Crippen LogP contribution in [0.1, 0.15) is 81.5 Å². The van der Waals surface area contributed by atoms with Crippen molar-refractivity contribution < 1.29 is 38.3 Å². The highest BCUT2D eigenvalue weighted by molar-refractivity contribution is 5.98. The molecule has 0 bridgehead atoms. The van der Waals surface area contributed by atoms with Gasteiger partial charge in [0.2, 0.25) is 35.4 Å². The molecule has 0 unspecified atom stereocenters. The second kappa shape index (κ2) is 18.3. The first-order valence-corrected chi connectivity index (χ1v) is 20.4. The molecule has 3 N–H and O–H groups in total. The van der Waals surface area contributed by atoms with Crippen LogP contribution in [0.4, 0.5) is 0 Å². The number of rotatable bonds is 8. The number of amides is 6. The van der Waals surface area contributed by atoms with Crippen LogP contribution in [-0.2, 0) is 57.6 Å². The number of hydrogen-bond acceptors (Lipinski definition) is 8. The van der Waals surface area contributed by atoms with Crippen LogP contribution in [0.5, 0.6) is 0 Å². The maximum Gasteiger partial charge on any atom is 0.328 e. The molecular weight excluding hydrogens is 729 g/mol. The second-order valence-electron chi connectivity index (χ2n) is 16.2. The molecule has 4 heterocycles. The summed E-state index contributed by atoms with van der Waals surface area (Å²) < 4.78 is 5.78. The van der Waals surface area contributed by atoms with E-state index in [4.69, 9.17) is 4.74 Å². The lowest BCUT2D eigenvalue weighted by atomic mass is 9.99. The Labute approximate surface area is 334 Å². The first kappa shape index (κ1) is 41.4. The molecule has 4 saturated heterocycles. The summed E-state index contributed by atoms with van der Waals surface area (Å²) in [5, 5.41) is 8.47. The van der Waals surface area contributed by atoms with Crippen LogP contribution in [0, 0.1) is 12.8 Å².